The van der Waals surface area contributed by atoms with E-state index in [9.17, 15) is 18.0 Å². The molecule has 0 saturated carbocycles. The molecule has 1 aliphatic rings. The van der Waals surface area contributed by atoms with Crippen molar-refractivity contribution in [3.8, 4) is 0 Å². The van der Waals surface area contributed by atoms with Crippen molar-refractivity contribution in [2.24, 2.45) is 4.99 Å². The van der Waals surface area contributed by atoms with Crippen molar-refractivity contribution in [3.63, 3.8) is 0 Å². The number of nitrogens with zero attached hydrogens (tertiary/aromatic N) is 2. The summed E-state index contributed by atoms with van der Waals surface area (Å²) in [4.78, 5) is 16.6. The second-order valence-corrected chi connectivity index (χ2v) is 4.05. The van der Waals surface area contributed by atoms with E-state index in [1.54, 1.807) is 18.2 Å². The van der Waals surface area contributed by atoms with E-state index in [2.05, 4.69) is 4.99 Å². The van der Waals surface area contributed by atoms with Crippen molar-refractivity contribution in [1.82, 2.24) is 0 Å². The molecule has 3 nitrogen and oxygen atoms in total. The zero-order valence-electron chi connectivity index (χ0n) is 9.61. The van der Waals surface area contributed by atoms with Crippen LogP contribution < -0.4 is 4.90 Å². The number of hydrogen-bond donors (Lipinski definition) is 0. The van der Waals surface area contributed by atoms with Crippen LogP contribution in [0.25, 0.3) is 0 Å². The van der Waals surface area contributed by atoms with Crippen LogP contribution >= 0.6 is 0 Å². The highest BCUT2D eigenvalue weighted by molar-refractivity contribution is 6.04. The number of alkyl halides is 3. The van der Waals surface area contributed by atoms with E-state index >= 15 is 0 Å². The average Bonchev–Trinajstić information content (AvgIpc) is 2.41. The lowest BCUT2D eigenvalue weighted by Gasteiger charge is -2.25. The predicted molar refractivity (Wildman–Crippen MR) is 61.9 cm³/mol. The Hall–Kier alpha value is -1.85. The van der Waals surface area contributed by atoms with Crippen molar-refractivity contribution in [2.75, 3.05) is 11.4 Å². The van der Waals surface area contributed by atoms with Gasteiger partial charge in [0.25, 0.3) is 5.91 Å². The third kappa shape index (κ3) is 2.52. The summed E-state index contributed by atoms with van der Waals surface area (Å²) in [7, 11) is 0. The van der Waals surface area contributed by atoms with Gasteiger partial charge in [-0.1, -0.05) is 18.2 Å². The topological polar surface area (TPSA) is 32.7 Å². The number of rotatable bonds is 1. The number of amides is 1. The normalized spacial score (nSPS) is 19.7. The fourth-order valence-corrected chi connectivity index (χ4v) is 1.78. The number of hydrogen-bond acceptors (Lipinski definition) is 2. The standard InChI is InChI=1S/C12H11F3N2O/c1-8-11(18)17(7-12(13,14)15)10-5-3-2-4-9(10)6-16-8/h2-6,8H,7H2,1H3. The molecule has 1 aromatic carbocycles. The third-order valence-corrected chi connectivity index (χ3v) is 2.63. The molecule has 18 heavy (non-hydrogen) atoms. The van der Waals surface area contributed by atoms with Crippen molar-refractivity contribution < 1.29 is 18.0 Å². The molecule has 1 aliphatic heterocycles. The molecular weight excluding hydrogens is 245 g/mol. The van der Waals surface area contributed by atoms with Crippen LogP contribution in [0.1, 0.15) is 12.5 Å². The summed E-state index contributed by atoms with van der Waals surface area (Å²) < 4.78 is 37.6. The molecule has 96 valence electrons. The van der Waals surface area contributed by atoms with Crippen LogP contribution in [0, 0.1) is 0 Å². The molecule has 0 saturated heterocycles. The van der Waals surface area contributed by atoms with Crippen LogP contribution in [0.5, 0.6) is 0 Å². The van der Waals surface area contributed by atoms with Gasteiger partial charge >= 0.3 is 6.18 Å². The second kappa shape index (κ2) is 4.44. The van der Waals surface area contributed by atoms with E-state index in [4.69, 9.17) is 0 Å². The van der Waals surface area contributed by atoms with E-state index in [1.165, 1.54) is 19.2 Å². The minimum absolute atomic E-state index is 0.243. The van der Waals surface area contributed by atoms with Gasteiger partial charge in [0.2, 0.25) is 0 Å². The Bertz CT molecular complexity index is 496. The van der Waals surface area contributed by atoms with Gasteiger partial charge in [0, 0.05) is 11.8 Å². The van der Waals surface area contributed by atoms with Crippen molar-refractivity contribution in [3.05, 3.63) is 29.8 Å². The Labute approximate surface area is 102 Å². The van der Waals surface area contributed by atoms with Gasteiger partial charge in [-0.3, -0.25) is 9.79 Å². The Morgan fingerprint density at radius 2 is 2.00 bits per heavy atom. The summed E-state index contributed by atoms with van der Waals surface area (Å²) >= 11 is 0. The quantitative estimate of drug-likeness (QED) is 0.759. The van der Waals surface area contributed by atoms with Crippen LogP contribution in [0.4, 0.5) is 18.9 Å². The molecule has 1 atom stereocenters. The molecule has 0 aliphatic carbocycles. The first-order chi connectivity index (χ1) is 8.38. The summed E-state index contributed by atoms with van der Waals surface area (Å²) in [6.45, 7) is 0.185. The van der Waals surface area contributed by atoms with E-state index in [0.29, 0.717) is 5.56 Å². The molecule has 1 heterocycles. The minimum Gasteiger partial charge on any atom is -0.301 e. The Morgan fingerprint density at radius 1 is 1.33 bits per heavy atom. The molecule has 1 aromatic rings. The van der Waals surface area contributed by atoms with Crippen molar-refractivity contribution in [1.29, 1.82) is 0 Å². The number of benzene rings is 1. The van der Waals surface area contributed by atoms with Gasteiger partial charge in [0.05, 0.1) is 5.69 Å². The molecule has 1 amide bonds. The first kappa shape index (κ1) is 12.6. The predicted octanol–water partition coefficient (Wildman–Crippen LogP) is 2.40. The first-order valence-electron chi connectivity index (χ1n) is 5.39. The smallest absolute Gasteiger partial charge is 0.301 e. The fraction of sp³-hybridized carbons (Fsp3) is 0.333. The number of carbonyl (C=O) groups is 1. The zero-order chi connectivity index (χ0) is 13.3. The van der Waals surface area contributed by atoms with Crippen LogP contribution in [0.15, 0.2) is 29.3 Å². The molecule has 0 aromatic heterocycles. The molecule has 6 heteroatoms. The van der Waals surface area contributed by atoms with Gasteiger partial charge in [-0.15, -0.1) is 0 Å². The average molecular weight is 256 g/mol. The summed E-state index contributed by atoms with van der Waals surface area (Å²) in [6.07, 6.45) is -3.00. The van der Waals surface area contributed by atoms with Gasteiger partial charge in [0.15, 0.2) is 0 Å². The van der Waals surface area contributed by atoms with Crippen LogP contribution in [-0.4, -0.2) is 30.9 Å². The number of benzodiazepines with no additional fused rings is 1. The molecule has 0 N–H and O–H groups in total. The number of fused-ring (bicyclic) bond motifs is 1. The molecule has 1 unspecified atom stereocenters. The fourth-order valence-electron chi connectivity index (χ4n) is 1.78. The summed E-state index contributed by atoms with van der Waals surface area (Å²) in [6, 6.07) is 5.60. The minimum atomic E-state index is -4.44. The zero-order valence-corrected chi connectivity index (χ0v) is 9.61. The highest BCUT2D eigenvalue weighted by Crippen LogP contribution is 2.27. The molecule has 0 radical (unpaired) electrons. The Balaban J connectivity index is 2.46. The maximum absolute atomic E-state index is 12.5. The van der Waals surface area contributed by atoms with Crippen LogP contribution in [-0.2, 0) is 4.79 Å². The van der Waals surface area contributed by atoms with E-state index in [0.717, 1.165) is 4.90 Å². The number of anilines is 1. The van der Waals surface area contributed by atoms with Crippen LogP contribution in [0.3, 0.4) is 0 Å². The highest BCUT2D eigenvalue weighted by Gasteiger charge is 2.36. The van der Waals surface area contributed by atoms with E-state index in [1.807, 2.05) is 0 Å². The lowest BCUT2D eigenvalue weighted by molar-refractivity contribution is -0.132. The van der Waals surface area contributed by atoms with Gasteiger partial charge in [-0.05, 0) is 13.0 Å². The molecule has 0 bridgehead atoms. The molecule has 0 fully saturated rings. The lowest BCUT2D eigenvalue weighted by Crippen LogP contribution is -2.42. The van der Waals surface area contributed by atoms with E-state index in [-0.39, 0.29) is 5.69 Å². The number of halogens is 3. The number of carbonyl (C=O) groups excluding carboxylic acids is 1. The summed E-state index contributed by atoms with van der Waals surface area (Å²) in [5.74, 6) is -0.645. The van der Waals surface area contributed by atoms with E-state index < -0.39 is 24.7 Å². The lowest BCUT2D eigenvalue weighted by atomic mass is 10.1. The maximum atomic E-state index is 12.5. The Morgan fingerprint density at radius 3 is 2.67 bits per heavy atom. The van der Waals surface area contributed by atoms with Gasteiger partial charge in [-0.2, -0.15) is 13.2 Å². The third-order valence-electron chi connectivity index (χ3n) is 2.63. The number of para-hydroxylation sites is 1. The maximum Gasteiger partial charge on any atom is 0.406 e. The summed E-state index contributed by atoms with van der Waals surface area (Å²) in [5.41, 5.74) is 0.757. The Kier molecular flexibility index (Phi) is 3.11. The number of aliphatic imine (C=N–C) groups is 1. The second-order valence-electron chi connectivity index (χ2n) is 4.05. The van der Waals surface area contributed by atoms with Gasteiger partial charge in [0.1, 0.15) is 12.6 Å². The largest absolute Gasteiger partial charge is 0.406 e. The SMILES string of the molecule is CC1N=Cc2ccccc2N(CC(F)(F)F)C1=O. The summed E-state index contributed by atoms with van der Waals surface area (Å²) in [5, 5.41) is 0. The van der Waals surface area contributed by atoms with Gasteiger partial charge in [-0.25, -0.2) is 0 Å². The van der Waals surface area contributed by atoms with Gasteiger partial charge < -0.3 is 4.90 Å². The molecule has 0 spiro atoms. The van der Waals surface area contributed by atoms with Crippen LogP contribution in [0.2, 0.25) is 0 Å². The van der Waals surface area contributed by atoms with Crippen molar-refractivity contribution in [2.45, 2.75) is 19.1 Å². The first-order valence-corrected chi connectivity index (χ1v) is 5.39. The van der Waals surface area contributed by atoms with Crippen molar-refractivity contribution >= 4 is 17.8 Å². The molecule has 2 rings (SSSR count). The monoisotopic (exact) mass is 256 g/mol. The highest BCUT2D eigenvalue weighted by atomic mass is 19.4. The molecular formula is C12H11F3N2O.